The van der Waals surface area contributed by atoms with E-state index in [1.807, 2.05) is 0 Å². The van der Waals surface area contributed by atoms with Gasteiger partial charge in [-0.15, -0.1) is 0 Å². The zero-order valence-corrected chi connectivity index (χ0v) is 10.6. The molecule has 0 heterocycles. The summed E-state index contributed by atoms with van der Waals surface area (Å²) in [6.07, 6.45) is 0. The molecule has 0 spiro atoms. The summed E-state index contributed by atoms with van der Waals surface area (Å²) < 4.78 is 10.4. The first-order chi connectivity index (χ1) is 8.99. The SMILES string of the molecule is CNC(COc1ccc([N+](=O)[O-])cc1OC)C(N)=O. The summed E-state index contributed by atoms with van der Waals surface area (Å²) in [5, 5.41) is 13.3. The predicted molar refractivity (Wildman–Crippen MR) is 67.2 cm³/mol. The molecule has 8 heteroatoms. The number of rotatable bonds is 7. The van der Waals surface area contributed by atoms with Gasteiger partial charge in [0.05, 0.1) is 18.1 Å². The summed E-state index contributed by atoms with van der Waals surface area (Å²) in [6, 6.07) is 3.29. The maximum atomic E-state index is 11.0. The first-order valence-corrected chi connectivity index (χ1v) is 5.41. The number of amides is 1. The van der Waals surface area contributed by atoms with E-state index < -0.39 is 16.9 Å². The molecule has 1 amide bonds. The highest BCUT2D eigenvalue weighted by molar-refractivity contribution is 5.80. The molecule has 0 aromatic heterocycles. The van der Waals surface area contributed by atoms with Gasteiger partial charge < -0.3 is 20.5 Å². The first-order valence-electron chi connectivity index (χ1n) is 5.41. The number of primary amides is 1. The van der Waals surface area contributed by atoms with Gasteiger partial charge >= 0.3 is 0 Å². The lowest BCUT2D eigenvalue weighted by Crippen LogP contribution is -2.43. The van der Waals surface area contributed by atoms with Crippen molar-refractivity contribution in [1.82, 2.24) is 5.32 Å². The molecule has 0 bridgehead atoms. The quantitative estimate of drug-likeness (QED) is 0.533. The molecule has 1 aromatic carbocycles. The van der Waals surface area contributed by atoms with E-state index in [-0.39, 0.29) is 18.0 Å². The molecular formula is C11H15N3O5. The molecule has 19 heavy (non-hydrogen) atoms. The number of hydrogen-bond acceptors (Lipinski definition) is 6. The zero-order chi connectivity index (χ0) is 14.4. The summed E-state index contributed by atoms with van der Waals surface area (Å²) in [5.74, 6) is -0.0356. The van der Waals surface area contributed by atoms with Crippen LogP contribution in [0.3, 0.4) is 0 Å². The monoisotopic (exact) mass is 269 g/mol. The van der Waals surface area contributed by atoms with E-state index in [9.17, 15) is 14.9 Å². The number of carbonyl (C=O) groups excluding carboxylic acids is 1. The number of ether oxygens (including phenoxy) is 2. The number of hydrogen-bond donors (Lipinski definition) is 2. The second kappa shape index (κ2) is 6.55. The van der Waals surface area contributed by atoms with Crippen LogP contribution in [0.1, 0.15) is 0 Å². The highest BCUT2D eigenvalue weighted by atomic mass is 16.6. The van der Waals surface area contributed by atoms with Gasteiger partial charge in [0, 0.05) is 6.07 Å². The van der Waals surface area contributed by atoms with E-state index in [0.29, 0.717) is 5.75 Å². The zero-order valence-electron chi connectivity index (χ0n) is 10.6. The van der Waals surface area contributed by atoms with Crippen molar-refractivity contribution in [3.05, 3.63) is 28.3 Å². The number of nitro groups is 1. The third-order valence-electron chi connectivity index (χ3n) is 2.46. The second-order valence-electron chi connectivity index (χ2n) is 3.65. The number of likely N-dealkylation sites (N-methyl/N-ethyl adjacent to an activating group) is 1. The Morgan fingerprint density at radius 1 is 1.53 bits per heavy atom. The van der Waals surface area contributed by atoms with E-state index in [4.69, 9.17) is 15.2 Å². The largest absolute Gasteiger partial charge is 0.493 e. The summed E-state index contributed by atoms with van der Waals surface area (Å²) in [4.78, 5) is 21.1. The predicted octanol–water partition coefficient (Wildman–Crippen LogP) is 0.0555. The van der Waals surface area contributed by atoms with Gasteiger partial charge in [0.15, 0.2) is 11.5 Å². The van der Waals surface area contributed by atoms with E-state index in [2.05, 4.69) is 5.32 Å². The third-order valence-corrected chi connectivity index (χ3v) is 2.46. The third kappa shape index (κ3) is 3.81. The number of non-ortho nitro benzene ring substituents is 1. The molecule has 104 valence electrons. The van der Waals surface area contributed by atoms with Gasteiger partial charge in [-0.05, 0) is 13.1 Å². The fourth-order valence-electron chi connectivity index (χ4n) is 1.37. The van der Waals surface area contributed by atoms with Gasteiger partial charge in [-0.25, -0.2) is 0 Å². The van der Waals surface area contributed by atoms with Crippen LogP contribution in [0.15, 0.2) is 18.2 Å². The van der Waals surface area contributed by atoms with Crippen LogP contribution in [-0.2, 0) is 4.79 Å². The molecular weight excluding hydrogens is 254 g/mol. The molecule has 0 saturated heterocycles. The smallest absolute Gasteiger partial charge is 0.273 e. The molecule has 0 fully saturated rings. The molecule has 0 saturated carbocycles. The van der Waals surface area contributed by atoms with Crippen LogP contribution in [0.4, 0.5) is 5.69 Å². The summed E-state index contributed by atoms with van der Waals surface area (Å²) >= 11 is 0. The number of nitrogens with one attached hydrogen (secondary N) is 1. The second-order valence-corrected chi connectivity index (χ2v) is 3.65. The van der Waals surface area contributed by atoms with Crippen molar-refractivity contribution < 1.29 is 19.2 Å². The Balaban J connectivity index is 2.83. The Morgan fingerprint density at radius 2 is 2.21 bits per heavy atom. The molecule has 1 rings (SSSR count). The minimum absolute atomic E-state index is 0.00000425. The van der Waals surface area contributed by atoms with Crippen molar-refractivity contribution >= 4 is 11.6 Å². The van der Waals surface area contributed by atoms with Crippen LogP contribution in [0.25, 0.3) is 0 Å². The fourth-order valence-corrected chi connectivity index (χ4v) is 1.37. The van der Waals surface area contributed by atoms with E-state index in [0.717, 1.165) is 0 Å². The fraction of sp³-hybridized carbons (Fsp3) is 0.364. The van der Waals surface area contributed by atoms with Crippen molar-refractivity contribution in [2.75, 3.05) is 20.8 Å². The van der Waals surface area contributed by atoms with Crippen molar-refractivity contribution in [3.63, 3.8) is 0 Å². The molecule has 1 atom stereocenters. The molecule has 3 N–H and O–H groups in total. The average molecular weight is 269 g/mol. The lowest BCUT2D eigenvalue weighted by Gasteiger charge is -2.15. The Labute approximate surface area is 109 Å². The standard InChI is InChI=1S/C11H15N3O5/c1-13-8(11(12)15)6-19-9-4-3-7(14(16)17)5-10(9)18-2/h3-5,8,13H,6H2,1-2H3,(H2,12,15). The lowest BCUT2D eigenvalue weighted by atomic mass is 10.2. The van der Waals surface area contributed by atoms with Gasteiger partial charge in [0.2, 0.25) is 5.91 Å². The van der Waals surface area contributed by atoms with E-state index in [1.165, 1.54) is 25.3 Å². The molecule has 0 aliphatic rings. The van der Waals surface area contributed by atoms with Crippen LogP contribution < -0.4 is 20.5 Å². The minimum Gasteiger partial charge on any atom is -0.493 e. The first kappa shape index (κ1) is 14.7. The van der Waals surface area contributed by atoms with Gasteiger partial charge in [-0.3, -0.25) is 14.9 Å². The van der Waals surface area contributed by atoms with Crippen LogP contribution in [0.2, 0.25) is 0 Å². The highest BCUT2D eigenvalue weighted by Gasteiger charge is 2.16. The Morgan fingerprint density at radius 3 is 2.68 bits per heavy atom. The molecule has 1 aromatic rings. The van der Waals surface area contributed by atoms with Crippen molar-refractivity contribution in [2.45, 2.75) is 6.04 Å². The number of nitrogens with zero attached hydrogens (tertiary/aromatic N) is 1. The van der Waals surface area contributed by atoms with Crippen molar-refractivity contribution in [2.24, 2.45) is 5.73 Å². The van der Waals surface area contributed by atoms with Crippen molar-refractivity contribution in [1.29, 1.82) is 0 Å². The maximum Gasteiger partial charge on any atom is 0.273 e. The molecule has 8 nitrogen and oxygen atoms in total. The normalized spacial score (nSPS) is 11.7. The number of nitro benzene ring substituents is 1. The Kier molecular flexibility index (Phi) is 5.07. The van der Waals surface area contributed by atoms with Gasteiger partial charge in [0.1, 0.15) is 12.6 Å². The van der Waals surface area contributed by atoms with Crippen LogP contribution in [0, 0.1) is 10.1 Å². The summed E-state index contributed by atoms with van der Waals surface area (Å²) in [5.41, 5.74) is 5.04. The summed E-state index contributed by atoms with van der Waals surface area (Å²) in [6.45, 7) is 0.00000425. The average Bonchev–Trinajstić information content (AvgIpc) is 2.38. The number of nitrogens with two attached hydrogens (primary N) is 1. The highest BCUT2D eigenvalue weighted by Crippen LogP contribution is 2.31. The van der Waals surface area contributed by atoms with Crippen molar-refractivity contribution in [3.8, 4) is 11.5 Å². The van der Waals surface area contributed by atoms with Crippen LogP contribution >= 0.6 is 0 Å². The molecule has 0 aliphatic carbocycles. The number of benzene rings is 1. The van der Waals surface area contributed by atoms with E-state index >= 15 is 0 Å². The number of methoxy groups -OCH3 is 1. The van der Waals surface area contributed by atoms with Gasteiger partial charge in [-0.2, -0.15) is 0 Å². The van der Waals surface area contributed by atoms with Crippen LogP contribution in [0.5, 0.6) is 11.5 Å². The van der Waals surface area contributed by atoms with Gasteiger partial charge in [0.25, 0.3) is 5.69 Å². The van der Waals surface area contributed by atoms with Gasteiger partial charge in [-0.1, -0.05) is 0 Å². The molecule has 0 radical (unpaired) electrons. The number of carbonyl (C=O) groups is 1. The molecule has 0 aliphatic heterocycles. The van der Waals surface area contributed by atoms with Crippen LogP contribution in [-0.4, -0.2) is 37.6 Å². The molecule has 1 unspecified atom stereocenters. The maximum absolute atomic E-state index is 11.0. The Bertz CT molecular complexity index is 477. The minimum atomic E-state index is -0.653. The van der Waals surface area contributed by atoms with E-state index in [1.54, 1.807) is 7.05 Å². The topological polar surface area (TPSA) is 117 Å². The Hall–Kier alpha value is -2.35. The lowest BCUT2D eigenvalue weighted by molar-refractivity contribution is -0.385. The summed E-state index contributed by atoms with van der Waals surface area (Å²) in [7, 11) is 2.95.